The second kappa shape index (κ2) is 8.90. The van der Waals surface area contributed by atoms with Crippen LogP contribution >= 0.6 is 0 Å². The minimum absolute atomic E-state index is 0.0801. The number of urea groups is 1. The summed E-state index contributed by atoms with van der Waals surface area (Å²) in [6, 6.07) is 14.8. The van der Waals surface area contributed by atoms with Crippen LogP contribution in [0.15, 0.2) is 48.5 Å². The summed E-state index contributed by atoms with van der Waals surface area (Å²) in [4.78, 5) is 39.0. The van der Waals surface area contributed by atoms with E-state index < -0.39 is 17.5 Å². The maximum Gasteiger partial charge on any atom is 0.325 e. The molecule has 2 aromatic carbocycles. The van der Waals surface area contributed by atoms with E-state index in [1.807, 2.05) is 43.3 Å². The van der Waals surface area contributed by atoms with Gasteiger partial charge in [0.1, 0.15) is 12.1 Å². The summed E-state index contributed by atoms with van der Waals surface area (Å²) in [5.41, 5.74) is 0.887. The minimum atomic E-state index is -1.13. The second-order valence-electron chi connectivity index (χ2n) is 8.51. The van der Waals surface area contributed by atoms with E-state index in [0.29, 0.717) is 11.5 Å². The topological polar surface area (TPSA) is 97.0 Å². The van der Waals surface area contributed by atoms with Crippen molar-refractivity contribution in [2.24, 2.45) is 0 Å². The summed E-state index contributed by atoms with van der Waals surface area (Å²) in [7, 11) is 0. The molecular weight excluding hydrogens is 410 g/mol. The van der Waals surface area contributed by atoms with Gasteiger partial charge in [-0.2, -0.15) is 0 Å². The van der Waals surface area contributed by atoms with E-state index in [-0.39, 0.29) is 31.7 Å². The summed E-state index contributed by atoms with van der Waals surface area (Å²) in [6.45, 7) is 3.43. The van der Waals surface area contributed by atoms with Crippen LogP contribution in [-0.4, -0.2) is 47.7 Å². The molecule has 2 heterocycles. The van der Waals surface area contributed by atoms with E-state index >= 15 is 0 Å². The Bertz CT molecular complexity index is 1030. The number of amides is 4. The van der Waals surface area contributed by atoms with Gasteiger partial charge in [-0.05, 0) is 49.9 Å². The molecule has 0 radical (unpaired) electrons. The summed E-state index contributed by atoms with van der Waals surface area (Å²) >= 11 is 0. The number of ether oxygens (including phenoxy) is 2. The molecule has 2 unspecified atom stereocenters. The Kier molecular flexibility index (Phi) is 6.03. The lowest BCUT2D eigenvalue weighted by Crippen LogP contribution is -2.47. The van der Waals surface area contributed by atoms with Crippen molar-refractivity contribution in [1.82, 2.24) is 15.5 Å². The second-order valence-corrected chi connectivity index (χ2v) is 8.51. The predicted octanol–water partition coefficient (Wildman–Crippen LogP) is 2.41. The van der Waals surface area contributed by atoms with Crippen molar-refractivity contribution < 1.29 is 23.9 Å². The van der Waals surface area contributed by atoms with Crippen molar-refractivity contribution in [1.29, 1.82) is 0 Å². The molecule has 168 valence electrons. The lowest BCUT2D eigenvalue weighted by Gasteiger charge is -2.22. The number of hydrogen-bond donors (Lipinski definition) is 2. The predicted molar refractivity (Wildman–Crippen MR) is 117 cm³/mol. The monoisotopic (exact) mass is 437 g/mol. The standard InChI is InChI=1S/C24H27N3O5/c1-16(8-9-17-6-4-3-5-7-17)25-21(28)14-27-22(29)24(2,26-23(27)30)13-18-10-11-19-20(12-18)32-15-31-19/h3-7,10-12,16H,8-9,13-15H2,1-2H3,(H,25,28)(H,26,30). The first kappa shape index (κ1) is 21.7. The first-order chi connectivity index (χ1) is 15.3. The number of carbonyl (C=O) groups excluding carboxylic acids is 3. The SMILES string of the molecule is CC(CCc1ccccc1)NC(=O)CN1C(=O)NC(C)(Cc2ccc3c(c2)OCO3)C1=O. The molecule has 2 aliphatic heterocycles. The smallest absolute Gasteiger partial charge is 0.325 e. The molecule has 8 nitrogen and oxygen atoms in total. The Balaban J connectivity index is 1.32. The van der Waals surface area contributed by atoms with Crippen LogP contribution in [0.4, 0.5) is 4.79 Å². The third kappa shape index (κ3) is 4.69. The van der Waals surface area contributed by atoms with Gasteiger partial charge in [0.05, 0.1) is 0 Å². The first-order valence-electron chi connectivity index (χ1n) is 10.7. The van der Waals surface area contributed by atoms with Gasteiger partial charge in [0.2, 0.25) is 12.7 Å². The van der Waals surface area contributed by atoms with E-state index in [9.17, 15) is 14.4 Å². The third-order valence-corrected chi connectivity index (χ3v) is 5.76. The number of nitrogens with one attached hydrogen (secondary N) is 2. The highest BCUT2D eigenvalue weighted by molar-refractivity contribution is 6.09. The van der Waals surface area contributed by atoms with Crippen molar-refractivity contribution in [3.8, 4) is 11.5 Å². The highest BCUT2D eigenvalue weighted by Gasteiger charge is 2.48. The molecule has 1 saturated heterocycles. The molecule has 0 saturated carbocycles. The number of benzene rings is 2. The molecule has 4 rings (SSSR count). The van der Waals surface area contributed by atoms with Crippen LogP contribution in [-0.2, 0) is 22.4 Å². The van der Waals surface area contributed by atoms with E-state index in [1.165, 1.54) is 5.56 Å². The molecule has 2 aliphatic rings. The Morgan fingerprint density at radius 3 is 2.66 bits per heavy atom. The van der Waals surface area contributed by atoms with Crippen LogP contribution in [0.5, 0.6) is 11.5 Å². The molecule has 0 bridgehead atoms. The summed E-state index contributed by atoms with van der Waals surface area (Å²) < 4.78 is 10.7. The zero-order valence-electron chi connectivity index (χ0n) is 18.2. The molecule has 4 amide bonds. The number of aryl methyl sites for hydroxylation is 1. The highest BCUT2D eigenvalue weighted by atomic mass is 16.7. The van der Waals surface area contributed by atoms with Gasteiger partial charge < -0.3 is 20.1 Å². The van der Waals surface area contributed by atoms with Gasteiger partial charge in [0.25, 0.3) is 5.91 Å². The third-order valence-electron chi connectivity index (χ3n) is 5.76. The fraction of sp³-hybridized carbons (Fsp3) is 0.375. The van der Waals surface area contributed by atoms with E-state index in [1.54, 1.807) is 19.1 Å². The van der Waals surface area contributed by atoms with Gasteiger partial charge >= 0.3 is 6.03 Å². The maximum atomic E-state index is 13.0. The zero-order chi connectivity index (χ0) is 22.7. The van der Waals surface area contributed by atoms with E-state index in [4.69, 9.17) is 9.47 Å². The van der Waals surface area contributed by atoms with Crippen LogP contribution in [0.3, 0.4) is 0 Å². The van der Waals surface area contributed by atoms with Crippen molar-refractivity contribution in [3.05, 3.63) is 59.7 Å². The molecule has 8 heteroatoms. The van der Waals surface area contributed by atoms with Crippen LogP contribution in [0, 0.1) is 0 Å². The van der Waals surface area contributed by atoms with E-state index in [2.05, 4.69) is 10.6 Å². The van der Waals surface area contributed by atoms with Gasteiger partial charge in [-0.25, -0.2) is 4.79 Å². The van der Waals surface area contributed by atoms with Crippen LogP contribution in [0.25, 0.3) is 0 Å². The first-order valence-corrected chi connectivity index (χ1v) is 10.7. The number of carbonyl (C=O) groups is 3. The quantitative estimate of drug-likeness (QED) is 0.618. The number of imide groups is 1. The molecule has 2 N–H and O–H groups in total. The van der Waals surface area contributed by atoms with Crippen molar-refractivity contribution in [3.63, 3.8) is 0 Å². The number of rotatable bonds is 8. The van der Waals surface area contributed by atoms with Gasteiger partial charge in [-0.1, -0.05) is 36.4 Å². The fourth-order valence-corrected chi connectivity index (χ4v) is 4.03. The van der Waals surface area contributed by atoms with Gasteiger partial charge in [-0.15, -0.1) is 0 Å². The molecule has 0 spiro atoms. The zero-order valence-corrected chi connectivity index (χ0v) is 18.2. The van der Waals surface area contributed by atoms with Gasteiger partial charge in [0, 0.05) is 12.5 Å². The van der Waals surface area contributed by atoms with E-state index in [0.717, 1.165) is 23.3 Å². The van der Waals surface area contributed by atoms with Gasteiger partial charge in [-0.3, -0.25) is 14.5 Å². The normalized spacial score (nSPS) is 20.2. The molecule has 32 heavy (non-hydrogen) atoms. The molecule has 1 fully saturated rings. The van der Waals surface area contributed by atoms with Crippen molar-refractivity contribution >= 4 is 17.8 Å². The van der Waals surface area contributed by atoms with Crippen LogP contribution < -0.4 is 20.1 Å². The summed E-state index contributed by atoms with van der Waals surface area (Å²) in [5, 5.41) is 5.62. The number of nitrogens with zero attached hydrogens (tertiary/aromatic N) is 1. The number of fused-ring (bicyclic) bond motifs is 1. The molecule has 0 aliphatic carbocycles. The molecular formula is C24H27N3O5. The van der Waals surface area contributed by atoms with Gasteiger partial charge in [0.15, 0.2) is 11.5 Å². The molecule has 0 aromatic heterocycles. The van der Waals surface area contributed by atoms with Crippen LogP contribution in [0.1, 0.15) is 31.4 Å². The Morgan fingerprint density at radius 1 is 1.12 bits per heavy atom. The Labute approximate surface area is 186 Å². The number of hydrogen-bond acceptors (Lipinski definition) is 5. The summed E-state index contributed by atoms with van der Waals surface area (Å²) in [5.74, 6) is 0.484. The Morgan fingerprint density at radius 2 is 1.88 bits per heavy atom. The average molecular weight is 437 g/mol. The van der Waals surface area contributed by atoms with Crippen LogP contribution in [0.2, 0.25) is 0 Å². The Hall–Kier alpha value is -3.55. The molecule has 2 aromatic rings. The van der Waals surface area contributed by atoms with Crippen molar-refractivity contribution in [2.75, 3.05) is 13.3 Å². The lowest BCUT2D eigenvalue weighted by molar-refractivity contribution is -0.134. The molecule has 2 atom stereocenters. The average Bonchev–Trinajstić information content (AvgIpc) is 3.31. The fourth-order valence-electron chi connectivity index (χ4n) is 4.03. The lowest BCUT2D eigenvalue weighted by atomic mass is 9.92. The largest absolute Gasteiger partial charge is 0.454 e. The van der Waals surface area contributed by atoms with Crippen molar-refractivity contribution in [2.45, 2.75) is 44.7 Å². The minimum Gasteiger partial charge on any atom is -0.454 e. The maximum absolute atomic E-state index is 13.0. The highest BCUT2D eigenvalue weighted by Crippen LogP contribution is 2.34. The summed E-state index contributed by atoms with van der Waals surface area (Å²) in [6.07, 6.45) is 1.87.